The van der Waals surface area contributed by atoms with Crippen LogP contribution >= 0.6 is 0 Å². The van der Waals surface area contributed by atoms with E-state index in [0.29, 0.717) is 25.7 Å². The number of ether oxygens (including phenoxy) is 1. The lowest BCUT2D eigenvalue weighted by molar-refractivity contribution is -0.199. The van der Waals surface area contributed by atoms with Crippen molar-refractivity contribution < 1.29 is 24.9 Å². The average Bonchev–Trinajstić information content (AvgIpc) is 2.97. The fraction of sp³-hybridized carbons (Fsp3) is 0.857. The molecule has 0 aromatic carbocycles. The number of fused-ring (bicyclic) bond motifs is 4. The van der Waals surface area contributed by atoms with E-state index in [9.17, 15) is 20.1 Å². The van der Waals surface area contributed by atoms with Crippen molar-refractivity contribution in [2.45, 2.75) is 76.4 Å². The number of rotatable bonds is 2. The van der Waals surface area contributed by atoms with Crippen LogP contribution in [0.15, 0.2) is 11.1 Å². The average molecular weight is 364 g/mol. The number of carbonyl (C=O) groups is 1. The Morgan fingerprint density at radius 2 is 1.96 bits per heavy atom. The number of methoxy groups -OCH3 is 1. The van der Waals surface area contributed by atoms with Gasteiger partial charge in [0.1, 0.15) is 0 Å². The first kappa shape index (κ1) is 18.5. The molecule has 0 amide bonds. The van der Waals surface area contributed by atoms with Crippen LogP contribution in [0, 0.1) is 22.7 Å². The number of carbonyl (C=O) groups excluding carboxylic acids is 1. The SMILES string of the molecule is COC(=O)[C@@H]1CCC2=C3CC[C@]4(O)C[C@H](O)CC[C@]4(CO)[C@@H]3CC[C@]21C. The summed E-state index contributed by atoms with van der Waals surface area (Å²) in [7, 11) is 1.47. The molecule has 0 spiro atoms. The maximum Gasteiger partial charge on any atom is 0.309 e. The Hall–Kier alpha value is -0.910. The lowest BCUT2D eigenvalue weighted by atomic mass is 9.46. The van der Waals surface area contributed by atoms with Gasteiger partial charge in [-0.3, -0.25) is 4.79 Å². The van der Waals surface area contributed by atoms with Crippen molar-refractivity contribution in [1.29, 1.82) is 0 Å². The first-order chi connectivity index (χ1) is 12.3. The summed E-state index contributed by atoms with van der Waals surface area (Å²) in [5, 5.41) is 32.0. The number of aliphatic hydroxyl groups excluding tert-OH is 2. The predicted octanol–water partition coefficient (Wildman–Crippen LogP) is 2.33. The fourth-order valence-electron chi connectivity index (χ4n) is 7.12. The second kappa shape index (κ2) is 6.05. The van der Waals surface area contributed by atoms with Crippen molar-refractivity contribution in [3.05, 3.63) is 11.1 Å². The van der Waals surface area contributed by atoms with Crippen molar-refractivity contribution in [1.82, 2.24) is 0 Å². The van der Waals surface area contributed by atoms with Crippen molar-refractivity contribution in [3.63, 3.8) is 0 Å². The zero-order valence-electron chi connectivity index (χ0n) is 16.0. The van der Waals surface area contributed by atoms with Crippen molar-refractivity contribution in [2.75, 3.05) is 13.7 Å². The molecular formula is C21H32O5. The van der Waals surface area contributed by atoms with E-state index in [1.807, 2.05) is 0 Å². The number of hydrogen-bond acceptors (Lipinski definition) is 5. The topological polar surface area (TPSA) is 87.0 Å². The Labute approximate surface area is 155 Å². The summed E-state index contributed by atoms with van der Waals surface area (Å²) in [4.78, 5) is 12.3. The largest absolute Gasteiger partial charge is 0.469 e. The smallest absolute Gasteiger partial charge is 0.309 e. The van der Waals surface area contributed by atoms with Gasteiger partial charge in [0, 0.05) is 17.3 Å². The first-order valence-electron chi connectivity index (χ1n) is 10.1. The molecule has 0 saturated heterocycles. The highest BCUT2D eigenvalue weighted by Gasteiger charge is 2.63. The standard InChI is InChI=1S/C21H32O5/c1-19-8-7-16-14(15(19)3-4-17(19)18(24)26-2)6-10-21(25)11-13(23)5-9-20(16,21)12-22/h13,16-17,22-23,25H,3-12H2,1-2H3/t13-,16-,17+,19-,20+,21+/m1/s1. The predicted molar refractivity (Wildman–Crippen MR) is 96.2 cm³/mol. The molecule has 0 bridgehead atoms. The van der Waals surface area contributed by atoms with E-state index in [2.05, 4.69) is 6.92 Å². The molecule has 4 aliphatic carbocycles. The minimum atomic E-state index is -0.984. The van der Waals surface area contributed by atoms with Crippen molar-refractivity contribution in [2.24, 2.45) is 22.7 Å². The van der Waals surface area contributed by atoms with Crippen molar-refractivity contribution >= 4 is 5.97 Å². The zero-order chi connectivity index (χ0) is 18.7. The van der Waals surface area contributed by atoms with Gasteiger partial charge < -0.3 is 20.1 Å². The molecule has 3 saturated carbocycles. The number of hydrogen-bond donors (Lipinski definition) is 3. The molecule has 0 aromatic rings. The molecule has 3 N–H and O–H groups in total. The molecule has 5 nitrogen and oxygen atoms in total. The van der Waals surface area contributed by atoms with E-state index in [1.54, 1.807) is 0 Å². The van der Waals surface area contributed by atoms with Crippen LogP contribution in [-0.2, 0) is 9.53 Å². The van der Waals surface area contributed by atoms with E-state index >= 15 is 0 Å². The van der Waals surface area contributed by atoms with Crippen LogP contribution < -0.4 is 0 Å². The van der Waals surface area contributed by atoms with Gasteiger partial charge in [0.15, 0.2) is 0 Å². The van der Waals surface area contributed by atoms with Gasteiger partial charge in [-0.15, -0.1) is 0 Å². The molecule has 6 atom stereocenters. The molecule has 146 valence electrons. The minimum Gasteiger partial charge on any atom is -0.469 e. The molecule has 5 heteroatoms. The summed E-state index contributed by atoms with van der Waals surface area (Å²) in [6.07, 6.45) is 6.16. The monoisotopic (exact) mass is 364 g/mol. The van der Waals surface area contributed by atoms with Gasteiger partial charge in [-0.05, 0) is 57.3 Å². The molecule has 0 radical (unpaired) electrons. The normalized spacial score (nSPS) is 47.8. The van der Waals surface area contributed by atoms with Crippen molar-refractivity contribution in [3.8, 4) is 0 Å². The Bertz CT molecular complexity index is 642. The second-order valence-corrected chi connectivity index (χ2v) is 9.37. The lowest BCUT2D eigenvalue weighted by Gasteiger charge is -2.61. The van der Waals surface area contributed by atoms with E-state index < -0.39 is 17.1 Å². The van der Waals surface area contributed by atoms with Gasteiger partial charge in [0.25, 0.3) is 0 Å². The molecule has 3 fully saturated rings. The van der Waals surface area contributed by atoms with E-state index in [0.717, 1.165) is 32.1 Å². The third-order valence-corrected chi connectivity index (χ3v) is 8.57. The summed E-state index contributed by atoms with van der Waals surface area (Å²) in [5.41, 5.74) is 1.12. The Kier molecular flexibility index (Phi) is 4.29. The highest BCUT2D eigenvalue weighted by atomic mass is 16.5. The van der Waals surface area contributed by atoms with Gasteiger partial charge in [-0.1, -0.05) is 18.1 Å². The Morgan fingerprint density at radius 1 is 1.19 bits per heavy atom. The van der Waals surface area contributed by atoms with Crippen LogP contribution in [0.5, 0.6) is 0 Å². The molecular weight excluding hydrogens is 332 g/mol. The van der Waals surface area contributed by atoms with Crippen LogP contribution in [0.4, 0.5) is 0 Å². The molecule has 4 aliphatic rings. The van der Waals surface area contributed by atoms with Gasteiger partial charge in [-0.25, -0.2) is 0 Å². The fourth-order valence-corrected chi connectivity index (χ4v) is 7.12. The van der Waals surface area contributed by atoms with E-state index in [4.69, 9.17) is 4.74 Å². The molecule has 0 heterocycles. The minimum absolute atomic E-state index is 0.0329. The Morgan fingerprint density at radius 3 is 2.65 bits per heavy atom. The van der Waals surface area contributed by atoms with Crippen LogP contribution in [0.25, 0.3) is 0 Å². The molecule has 0 unspecified atom stereocenters. The first-order valence-corrected chi connectivity index (χ1v) is 10.1. The molecule has 4 rings (SSSR count). The van der Waals surface area contributed by atoms with Crippen LogP contribution in [0.2, 0.25) is 0 Å². The summed E-state index contributed by atoms with van der Waals surface area (Å²) >= 11 is 0. The number of allylic oxidation sites excluding steroid dienone is 2. The number of aliphatic hydroxyl groups is 3. The van der Waals surface area contributed by atoms with E-state index in [-0.39, 0.29) is 29.8 Å². The highest BCUT2D eigenvalue weighted by Crippen LogP contribution is 2.65. The van der Waals surface area contributed by atoms with Gasteiger partial charge >= 0.3 is 5.97 Å². The zero-order valence-corrected chi connectivity index (χ0v) is 16.0. The highest BCUT2D eigenvalue weighted by molar-refractivity contribution is 5.75. The molecule has 0 aromatic heterocycles. The molecule has 26 heavy (non-hydrogen) atoms. The van der Waals surface area contributed by atoms with Gasteiger partial charge in [0.05, 0.1) is 31.3 Å². The van der Waals surface area contributed by atoms with Crippen LogP contribution in [0.3, 0.4) is 0 Å². The maximum absolute atomic E-state index is 12.3. The van der Waals surface area contributed by atoms with E-state index in [1.165, 1.54) is 18.3 Å². The summed E-state index contributed by atoms with van der Waals surface area (Å²) in [6.45, 7) is 2.17. The Balaban J connectivity index is 1.76. The third kappa shape index (κ3) is 2.23. The van der Waals surface area contributed by atoms with Crippen LogP contribution in [-0.4, -0.2) is 46.7 Å². The third-order valence-electron chi connectivity index (χ3n) is 8.57. The summed E-state index contributed by atoms with van der Waals surface area (Å²) in [6, 6.07) is 0. The summed E-state index contributed by atoms with van der Waals surface area (Å²) in [5.74, 6) is -0.0141. The second-order valence-electron chi connectivity index (χ2n) is 9.37. The summed E-state index contributed by atoms with van der Waals surface area (Å²) < 4.78 is 5.07. The quantitative estimate of drug-likeness (QED) is 0.517. The molecule has 0 aliphatic heterocycles. The maximum atomic E-state index is 12.3. The lowest BCUT2D eigenvalue weighted by Crippen LogP contribution is -2.62. The van der Waals surface area contributed by atoms with Gasteiger partial charge in [-0.2, -0.15) is 0 Å². The van der Waals surface area contributed by atoms with Gasteiger partial charge in [0.2, 0.25) is 0 Å². The number of esters is 1. The van der Waals surface area contributed by atoms with Crippen LogP contribution in [0.1, 0.15) is 64.7 Å².